The standard InChI is InChI=1S/C16H25FN2O/c1-12(18-2)13-7-5-9-19(10-13)11-14-6-4-8-15(20-3)16(14)17/h4,6,8,12-13,18H,5,7,9-11H2,1-3H3. The monoisotopic (exact) mass is 280 g/mol. The number of piperidine rings is 1. The van der Waals surface area contributed by atoms with Crippen molar-refractivity contribution in [2.45, 2.75) is 32.4 Å². The summed E-state index contributed by atoms with van der Waals surface area (Å²) in [5.74, 6) is 0.751. The number of nitrogens with one attached hydrogen (secondary N) is 1. The van der Waals surface area contributed by atoms with Crippen molar-refractivity contribution in [2.24, 2.45) is 5.92 Å². The molecule has 0 amide bonds. The van der Waals surface area contributed by atoms with E-state index in [0.29, 0.717) is 24.3 Å². The van der Waals surface area contributed by atoms with Crippen molar-refractivity contribution in [3.63, 3.8) is 0 Å². The van der Waals surface area contributed by atoms with Gasteiger partial charge in [-0.15, -0.1) is 0 Å². The van der Waals surface area contributed by atoms with E-state index in [1.54, 1.807) is 6.07 Å². The summed E-state index contributed by atoms with van der Waals surface area (Å²) in [6.45, 7) is 4.96. The Kier molecular flexibility index (Phi) is 5.38. The van der Waals surface area contributed by atoms with Gasteiger partial charge in [0.05, 0.1) is 7.11 Å². The Hall–Kier alpha value is -1.13. The highest BCUT2D eigenvalue weighted by molar-refractivity contribution is 5.31. The van der Waals surface area contributed by atoms with Crippen LogP contribution in [-0.2, 0) is 6.54 Å². The zero-order valence-corrected chi connectivity index (χ0v) is 12.7. The largest absolute Gasteiger partial charge is 0.494 e. The fourth-order valence-corrected chi connectivity index (χ4v) is 2.96. The molecule has 1 fully saturated rings. The van der Waals surface area contributed by atoms with Gasteiger partial charge in [0.1, 0.15) is 0 Å². The SMILES string of the molecule is CNC(C)C1CCCN(Cc2cccc(OC)c2F)C1. The molecule has 0 radical (unpaired) electrons. The van der Waals surface area contributed by atoms with Crippen LogP contribution < -0.4 is 10.1 Å². The van der Waals surface area contributed by atoms with Crippen molar-refractivity contribution in [1.82, 2.24) is 10.2 Å². The van der Waals surface area contributed by atoms with E-state index in [9.17, 15) is 4.39 Å². The van der Waals surface area contributed by atoms with E-state index in [2.05, 4.69) is 17.1 Å². The van der Waals surface area contributed by atoms with E-state index in [1.165, 1.54) is 20.0 Å². The second-order valence-corrected chi connectivity index (χ2v) is 5.65. The first-order valence-corrected chi connectivity index (χ1v) is 7.36. The topological polar surface area (TPSA) is 24.5 Å². The molecule has 2 unspecified atom stereocenters. The normalized spacial score (nSPS) is 21.7. The van der Waals surface area contributed by atoms with E-state index >= 15 is 0 Å². The highest BCUT2D eigenvalue weighted by atomic mass is 19.1. The molecular weight excluding hydrogens is 255 g/mol. The van der Waals surface area contributed by atoms with Gasteiger partial charge < -0.3 is 10.1 Å². The molecule has 2 rings (SSSR count). The van der Waals surface area contributed by atoms with E-state index in [1.807, 2.05) is 19.2 Å². The van der Waals surface area contributed by atoms with Crippen LogP contribution >= 0.6 is 0 Å². The number of hydrogen-bond acceptors (Lipinski definition) is 3. The van der Waals surface area contributed by atoms with Crippen molar-refractivity contribution in [3.8, 4) is 5.75 Å². The average Bonchev–Trinajstić information content (AvgIpc) is 2.49. The molecule has 1 aromatic carbocycles. The van der Waals surface area contributed by atoms with Gasteiger partial charge in [0.2, 0.25) is 0 Å². The summed E-state index contributed by atoms with van der Waals surface area (Å²) < 4.78 is 19.2. The summed E-state index contributed by atoms with van der Waals surface area (Å²) in [6, 6.07) is 5.88. The van der Waals surface area contributed by atoms with Crippen molar-refractivity contribution in [2.75, 3.05) is 27.2 Å². The first kappa shape index (κ1) is 15.3. The van der Waals surface area contributed by atoms with Crippen molar-refractivity contribution < 1.29 is 9.13 Å². The first-order chi connectivity index (χ1) is 9.65. The fourth-order valence-electron chi connectivity index (χ4n) is 2.96. The third kappa shape index (κ3) is 3.49. The Bertz CT molecular complexity index is 438. The molecule has 0 aliphatic carbocycles. The Morgan fingerprint density at radius 2 is 2.30 bits per heavy atom. The summed E-state index contributed by atoms with van der Waals surface area (Å²) in [6.07, 6.45) is 2.43. The molecule has 1 aromatic rings. The van der Waals surface area contributed by atoms with Crippen LogP contribution in [0, 0.1) is 11.7 Å². The molecule has 20 heavy (non-hydrogen) atoms. The predicted octanol–water partition coefficient (Wildman–Crippen LogP) is 2.65. The molecule has 1 heterocycles. The van der Waals surface area contributed by atoms with Gasteiger partial charge in [0.25, 0.3) is 0 Å². The highest BCUT2D eigenvalue weighted by Crippen LogP contribution is 2.25. The van der Waals surface area contributed by atoms with Crippen LogP contribution in [0.25, 0.3) is 0 Å². The maximum Gasteiger partial charge on any atom is 0.169 e. The molecule has 4 heteroatoms. The Morgan fingerprint density at radius 1 is 1.50 bits per heavy atom. The Labute approximate surface area is 121 Å². The minimum atomic E-state index is -0.223. The van der Waals surface area contributed by atoms with Gasteiger partial charge in [0.15, 0.2) is 11.6 Å². The maximum atomic E-state index is 14.2. The Balaban J connectivity index is 2.03. The van der Waals surface area contributed by atoms with Gasteiger partial charge in [-0.25, -0.2) is 4.39 Å². The minimum Gasteiger partial charge on any atom is -0.494 e. The zero-order valence-electron chi connectivity index (χ0n) is 12.7. The molecular formula is C16H25FN2O. The van der Waals surface area contributed by atoms with E-state index < -0.39 is 0 Å². The maximum absolute atomic E-state index is 14.2. The second-order valence-electron chi connectivity index (χ2n) is 5.65. The van der Waals surface area contributed by atoms with Crippen LogP contribution in [0.15, 0.2) is 18.2 Å². The van der Waals surface area contributed by atoms with Gasteiger partial charge in [-0.1, -0.05) is 12.1 Å². The van der Waals surface area contributed by atoms with Gasteiger partial charge in [-0.05, 0) is 45.3 Å². The fraction of sp³-hybridized carbons (Fsp3) is 0.625. The molecule has 1 aliphatic rings. The second kappa shape index (κ2) is 7.04. The lowest BCUT2D eigenvalue weighted by Crippen LogP contribution is -2.43. The van der Waals surface area contributed by atoms with Crippen molar-refractivity contribution in [3.05, 3.63) is 29.6 Å². The lowest BCUT2D eigenvalue weighted by atomic mass is 9.91. The summed E-state index contributed by atoms with van der Waals surface area (Å²) in [4.78, 5) is 2.35. The third-order valence-corrected chi connectivity index (χ3v) is 4.36. The summed E-state index contributed by atoms with van der Waals surface area (Å²) in [5, 5.41) is 3.33. The number of hydrogen-bond donors (Lipinski definition) is 1. The highest BCUT2D eigenvalue weighted by Gasteiger charge is 2.24. The quantitative estimate of drug-likeness (QED) is 0.897. The van der Waals surface area contributed by atoms with Gasteiger partial charge in [-0.2, -0.15) is 0 Å². The summed E-state index contributed by atoms with van der Waals surface area (Å²) in [7, 11) is 3.51. The smallest absolute Gasteiger partial charge is 0.169 e. The molecule has 0 aromatic heterocycles. The molecule has 2 atom stereocenters. The van der Waals surface area contributed by atoms with E-state index in [4.69, 9.17) is 4.74 Å². The number of rotatable bonds is 5. The van der Waals surface area contributed by atoms with Crippen LogP contribution in [0.3, 0.4) is 0 Å². The van der Waals surface area contributed by atoms with Gasteiger partial charge in [-0.3, -0.25) is 4.90 Å². The molecule has 3 nitrogen and oxygen atoms in total. The number of ether oxygens (including phenoxy) is 1. The van der Waals surface area contributed by atoms with Crippen LogP contribution in [0.2, 0.25) is 0 Å². The molecule has 0 saturated carbocycles. The first-order valence-electron chi connectivity index (χ1n) is 7.36. The molecule has 0 bridgehead atoms. The minimum absolute atomic E-state index is 0.223. The van der Waals surface area contributed by atoms with Gasteiger partial charge >= 0.3 is 0 Å². The number of halogens is 1. The lowest BCUT2D eigenvalue weighted by molar-refractivity contribution is 0.145. The number of benzene rings is 1. The van der Waals surface area contributed by atoms with E-state index in [0.717, 1.165) is 18.7 Å². The van der Waals surface area contributed by atoms with Crippen LogP contribution in [0.4, 0.5) is 4.39 Å². The summed E-state index contributed by atoms with van der Waals surface area (Å²) in [5.41, 5.74) is 0.724. The zero-order chi connectivity index (χ0) is 14.5. The molecule has 1 aliphatic heterocycles. The average molecular weight is 280 g/mol. The van der Waals surface area contributed by atoms with Crippen LogP contribution in [-0.4, -0.2) is 38.2 Å². The van der Waals surface area contributed by atoms with Crippen LogP contribution in [0.5, 0.6) is 5.75 Å². The molecule has 1 N–H and O–H groups in total. The molecule has 1 saturated heterocycles. The third-order valence-electron chi connectivity index (χ3n) is 4.36. The molecule has 0 spiro atoms. The van der Waals surface area contributed by atoms with Gasteiger partial charge in [0, 0.05) is 24.7 Å². The number of nitrogens with zero attached hydrogens (tertiary/aromatic N) is 1. The lowest BCUT2D eigenvalue weighted by Gasteiger charge is -2.35. The van der Waals surface area contributed by atoms with E-state index in [-0.39, 0.29) is 5.82 Å². The molecule has 112 valence electrons. The number of likely N-dealkylation sites (tertiary alicyclic amines) is 1. The number of methoxy groups -OCH3 is 1. The van der Waals surface area contributed by atoms with Crippen molar-refractivity contribution >= 4 is 0 Å². The predicted molar refractivity (Wildman–Crippen MR) is 79.5 cm³/mol. The Morgan fingerprint density at radius 3 is 3.00 bits per heavy atom. The summed E-state index contributed by atoms with van der Waals surface area (Å²) >= 11 is 0. The van der Waals surface area contributed by atoms with Crippen molar-refractivity contribution in [1.29, 1.82) is 0 Å². The van der Waals surface area contributed by atoms with Crippen LogP contribution in [0.1, 0.15) is 25.3 Å².